The first kappa shape index (κ1) is 18.1. The van der Waals surface area contributed by atoms with Crippen molar-refractivity contribution < 1.29 is 4.52 Å². The Morgan fingerprint density at radius 2 is 1.79 bits per heavy atom. The fourth-order valence-corrected chi connectivity index (χ4v) is 1.54. The van der Waals surface area contributed by atoms with Gasteiger partial charge in [-0.1, -0.05) is 19.0 Å². The lowest BCUT2D eigenvalue weighted by atomic mass is 10.2. The van der Waals surface area contributed by atoms with E-state index in [2.05, 4.69) is 15.1 Å². The molecular weight excluding hydrogens is 357 g/mol. The monoisotopic (exact) mass is 381 g/mol. The van der Waals surface area contributed by atoms with Crippen molar-refractivity contribution in [2.24, 2.45) is 4.99 Å². The fraction of sp³-hybridized carbons (Fsp3) is 0.750. The van der Waals surface area contributed by atoms with E-state index < -0.39 is 0 Å². The molecule has 1 rings (SSSR count). The second kappa shape index (κ2) is 8.34. The summed E-state index contributed by atoms with van der Waals surface area (Å²) in [5, 5.41) is 3.93. The van der Waals surface area contributed by atoms with Crippen LogP contribution in [0.4, 0.5) is 0 Å². The number of rotatable bonds is 4. The minimum absolute atomic E-state index is 0. The zero-order valence-corrected chi connectivity index (χ0v) is 14.9. The van der Waals surface area contributed by atoms with Crippen LogP contribution in [0.5, 0.6) is 0 Å². The third kappa shape index (κ3) is 5.75. The van der Waals surface area contributed by atoms with E-state index in [9.17, 15) is 0 Å². The van der Waals surface area contributed by atoms with Gasteiger partial charge in [0.25, 0.3) is 0 Å². The Hall–Kier alpha value is -0.860. The van der Waals surface area contributed by atoms with Gasteiger partial charge < -0.3 is 14.3 Å². The van der Waals surface area contributed by atoms with Crippen LogP contribution in [0.2, 0.25) is 0 Å². The van der Waals surface area contributed by atoms with Gasteiger partial charge in [0.15, 0.2) is 11.8 Å². The van der Waals surface area contributed by atoms with Crippen molar-refractivity contribution in [3.8, 4) is 0 Å². The molecule has 1 aromatic heterocycles. The Morgan fingerprint density at radius 3 is 2.21 bits per heavy atom. The molecule has 1 heterocycles. The van der Waals surface area contributed by atoms with Crippen LogP contribution in [0.15, 0.2) is 9.52 Å². The van der Waals surface area contributed by atoms with Gasteiger partial charge in [-0.15, -0.1) is 24.0 Å². The summed E-state index contributed by atoms with van der Waals surface area (Å²) >= 11 is 0. The maximum Gasteiger partial charge on any atom is 0.228 e. The first-order chi connectivity index (χ1) is 8.41. The summed E-state index contributed by atoms with van der Waals surface area (Å²) in [5.41, 5.74) is 0. The van der Waals surface area contributed by atoms with E-state index >= 15 is 0 Å². The molecule has 0 N–H and O–H groups in total. The van der Waals surface area contributed by atoms with Gasteiger partial charge in [0.05, 0.1) is 6.54 Å². The van der Waals surface area contributed by atoms with Crippen LogP contribution in [-0.4, -0.2) is 60.6 Å². The van der Waals surface area contributed by atoms with Gasteiger partial charge in [-0.2, -0.15) is 4.98 Å². The van der Waals surface area contributed by atoms with Crippen molar-refractivity contribution in [3.63, 3.8) is 0 Å². The zero-order valence-electron chi connectivity index (χ0n) is 12.5. The number of guanidine groups is 1. The maximum atomic E-state index is 5.17. The molecule has 0 unspecified atom stereocenters. The van der Waals surface area contributed by atoms with Crippen molar-refractivity contribution in [1.82, 2.24) is 19.9 Å². The highest BCUT2D eigenvalue weighted by Crippen LogP contribution is 2.09. The van der Waals surface area contributed by atoms with Gasteiger partial charge >= 0.3 is 0 Å². The largest absolute Gasteiger partial charge is 0.349 e. The summed E-state index contributed by atoms with van der Waals surface area (Å²) in [5.74, 6) is 2.64. The van der Waals surface area contributed by atoms with Crippen LogP contribution in [-0.2, 0) is 6.42 Å². The number of hydrogen-bond acceptors (Lipinski definition) is 4. The number of aromatic nitrogens is 2. The lowest BCUT2D eigenvalue weighted by Crippen LogP contribution is -2.35. The first-order valence-corrected chi connectivity index (χ1v) is 6.13. The van der Waals surface area contributed by atoms with Crippen LogP contribution in [0.1, 0.15) is 31.5 Å². The Labute approximate surface area is 132 Å². The van der Waals surface area contributed by atoms with Crippen LogP contribution < -0.4 is 0 Å². The third-order valence-corrected chi connectivity index (χ3v) is 2.38. The van der Waals surface area contributed by atoms with Crippen LogP contribution in [0, 0.1) is 0 Å². The molecular formula is C12H24IN5O. The molecule has 6 nitrogen and oxygen atoms in total. The maximum absolute atomic E-state index is 5.17. The highest BCUT2D eigenvalue weighted by Gasteiger charge is 2.09. The minimum Gasteiger partial charge on any atom is -0.349 e. The van der Waals surface area contributed by atoms with Crippen LogP contribution in [0.25, 0.3) is 0 Å². The molecule has 19 heavy (non-hydrogen) atoms. The summed E-state index contributed by atoms with van der Waals surface area (Å²) in [6, 6.07) is 0. The van der Waals surface area contributed by atoms with E-state index in [0.29, 0.717) is 24.8 Å². The lowest BCUT2D eigenvalue weighted by molar-refractivity contribution is 0.372. The molecule has 0 amide bonds. The molecule has 0 bridgehead atoms. The van der Waals surface area contributed by atoms with E-state index in [-0.39, 0.29) is 24.0 Å². The molecule has 0 atom stereocenters. The summed E-state index contributed by atoms with van der Waals surface area (Å²) in [6.07, 6.45) is 0.672. The molecule has 7 heteroatoms. The second-order valence-corrected chi connectivity index (χ2v) is 4.92. The Morgan fingerprint density at radius 1 is 1.21 bits per heavy atom. The third-order valence-electron chi connectivity index (χ3n) is 2.38. The fourth-order valence-electron chi connectivity index (χ4n) is 1.54. The molecule has 0 aromatic carbocycles. The van der Waals surface area contributed by atoms with E-state index in [1.807, 2.05) is 51.8 Å². The van der Waals surface area contributed by atoms with E-state index in [4.69, 9.17) is 4.52 Å². The highest BCUT2D eigenvalue weighted by atomic mass is 127. The summed E-state index contributed by atoms with van der Waals surface area (Å²) in [7, 11) is 7.90. The number of halogens is 1. The molecule has 0 aliphatic carbocycles. The molecule has 0 saturated heterocycles. The topological polar surface area (TPSA) is 57.8 Å². The van der Waals surface area contributed by atoms with E-state index in [1.54, 1.807) is 0 Å². The molecule has 0 radical (unpaired) electrons. The Bertz CT molecular complexity index is 391. The SMILES string of the molecule is CC(C)c1noc(CCN=C(N(C)C)N(C)C)n1.I. The molecule has 0 fully saturated rings. The lowest BCUT2D eigenvalue weighted by Gasteiger charge is -2.22. The van der Waals surface area contributed by atoms with E-state index in [0.717, 1.165) is 11.8 Å². The number of nitrogens with zero attached hydrogens (tertiary/aromatic N) is 5. The highest BCUT2D eigenvalue weighted by molar-refractivity contribution is 14.0. The minimum atomic E-state index is 0. The van der Waals surface area contributed by atoms with Gasteiger partial charge in [0.1, 0.15) is 0 Å². The Balaban J connectivity index is 0.00000324. The van der Waals surface area contributed by atoms with Crippen molar-refractivity contribution >= 4 is 29.9 Å². The van der Waals surface area contributed by atoms with Crippen molar-refractivity contribution in [3.05, 3.63) is 11.7 Å². The average molecular weight is 381 g/mol. The van der Waals surface area contributed by atoms with Gasteiger partial charge in [0.2, 0.25) is 5.89 Å². The van der Waals surface area contributed by atoms with Gasteiger partial charge in [0, 0.05) is 40.5 Å². The quantitative estimate of drug-likeness (QED) is 0.453. The predicted octanol–water partition coefficient (Wildman–Crippen LogP) is 1.83. The standard InChI is InChI=1S/C12H23N5O.HI/c1-9(2)11-14-10(18-15-11)7-8-13-12(16(3)4)17(5)6;/h9H,7-8H2,1-6H3;1H. The molecule has 0 aliphatic heterocycles. The number of aliphatic imine (C=N–C) groups is 1. The number of hydrogen-bond donors (Lipinski definition) is 0. The summed E-state index contributed by atoms with van der Waals surface area (Å²) in [6.45, 7) is 4.73. The molecule has 1 aromatic rings. The van der Waals surface area contributed by atoms with Crippen molar-refractivity contribution in [1.29, 1.82) is 0 Å². The summed E-state index contributed by atoms with van der Waals surface area (Å²) < 4.78 is 5.17. The first-order valence-electron chi connectivity index (χ1n) is 6.13. The molecule has 0 spiro atoms. The van der Waals surface area contributed by atoms with Crippen LogP contribution >= 0.6 is 24.0 Å². The van der Waals surface area contributed by atoms with Gasteiger partial charge in [-0.25, -0.2) is 0 Å². The smallest absolute Gasteiger partial charge is 0.228 e. The Kier molecular flexibility index (Phi) is 7.96. The molecule has 0 saturated carbocycles. The molecule has 110 valence electrons. The zero-order chi connectivity index (χ0) is 13.7. The van der Waals surface area contributed by atoms with Gasteiger partial charge in [-0.05, 0) is 0 Å². The van der Waals surface area contributed by atoms with E-state index in [1.165, 1.54) is 0 Å². The molecule has 0 aliphatic rings. The average Bonchev–Trinajstić information content (AvgIpc) is 2.71. The second-order valence-electron chi connectivity index (χ2n) is 4.92. The predicted molar refractivity (Wildman–Crippen MR) is 87.2 cm³/mol. The summed E-state index contributed by atoms with van der Waals surface area (Å²) in [4.78, 5) is 12.8. The van der Waals surface area contributed by atoms with Crippen LogP contribution in [0.3, 0.4) is 0 Å². The van der Waals surface area contributed by atoms with Gasteiger partial charge in [-0.3, -0.25) is 4.99 Å². The normalized spacial score (nSPS) is 10.1. The van der Waals surface area contributed by atoms with Crippen molar-refractivity contribution in [2.45, 2.75) is 26.2 Å². The van der Waals surface area contributed by atoms with Crippen molar-refractivity contribution in [2.75, 3.05) is 34.7 Å².